The number of nitrogen functional groups attached to an aromatic ring is 1. The molecule has 0 aliphatic carbocycles. The molecule has 0 radical (unpaired) electrons. The molecule has 0 saturated heterocycles. The first-order valence-corrected chi connectivity index (χ1v) is 6.37. The minimum Gasteiger partial charge on any atom is -0.384 e. The van der Waals surface area contributed by atoms with Gasteiger partial charge >= 0.3 is 0 Å². The maximum Gasteiger partial charge on any atom is 0.192 e. The van der Waals surface area contributed by atoms with E-state index < -0.39 is 0 Å². The van der Waals surface area contributed by atoms with Crippen molar-refractivity contribution in [1.29, 1.82) is 5.41 Å². The van der Waals surface area contributed by atoms with E-state index in [1.807, 2.05) is 19.1 Å². The van der Waals surface area contributed by atoms with Gasteiger partial charge in [-0.05, 0) is 43.0 Å². The second kappa shape index (κ2) is 5.37. The second-order valence-corrected chi connectivity index (χ2v) is 5.08. The van der Waals surface area contributed by atoms with E-state index in [2.05, 4.69) is 9.97 Å². The molecule has 0 atom stereocenters. The SMILES string of the molecule is Cc1ccnc(Sc2ccc(Cl)cc2C(=N)N)n1. The summed E-state index contributed by atoms with van der Waals surface area (Å²) in [6.07, 6.45) is 1.70. The lowest BCUT2D eigenvalue weighted by Crippen LogP contribution is -2.12. The zero-order chi connectivity index (χ0) is 13.1. The van der Waals surface area contributed by atoms with Crippen LogP contribution in [0.25, 0.3) is 0 Å². The summed E-state index contributed by atoms with van der Waals surface area (Å²) in [6, 6.07) is 7.07. The first kappa shape index (κ1) is 12.9. The maximum atomic E-state index is 7.55. The van der Waals surface area contributed by atoms with Crippen LogP contribution in [-0.2, 0) is 0 Å². The molecule has 6 heteroatoms. The molecule has 2 aromatic rings. The summed E-state index contributed by atoms with van der Waals surface area (Å²) >= 11 is 7.26. The normalized spacial score (nSPS) is 10.3. The van der Waals surface area contributed by atoms with Gasteiger partial charge in [0.05, 0.1) is 0 Å². The number of benzene rings is 1. The molecule has 1 heterocycles. The molecule has 0 unspecified atom stereocenters. The van der Waals surface area contributed by atoms with Crippen molar-refractivity contribution in [3.63, 3.8) is 0 Å². The van der Waals surface area contributed by atoms with Gasteiger partial charge in [0.15, 0.2) is 5.16 Å². The van der Waals surface area contributed by atoms with Crippen molar-refractivity contribution in [2.75, 3.05) is 0 Å². The lowest BCUT2D eigenvalue weighted by Gasteiger charge is -2.07. The van der Waals surface area contributed by atoms with Crippen LogP contribution in [0.5, 0.6) is 0 Å². The number of halogens is 1. The van der Waals surface area contributed by atoms with Gasteiger partial charge in [0.2, 0.25) is 0 Å². The molecule has 3 N–H and O–H groups in total. The van der Waals surface area contributed by atoms with Crippen LogP contribution in [0.1, 0.15) is 11.3 Å². The van der Waals surface area contributed by atoms with Gasteiger partial charge in [0, 0.05) is 27.4 Å². The summed E-state index contributed by atoms with van der Waals surface area (Å²) in [5.74, 6) is -0.0207. The highest BCUT2D eigenvalue weighted by Gasteiger charge is 2.09. The van der Waals surface area contributed by atoms with Crippen LogP contribution in [0, 0.1) is 12.3 Å². The van der Waals surface area contributed by atoms with Crippen molar-refractivity contribution >= 4 is 29.2 Å². The van der Waals surface area contributed by atoms with Gasteiger partial charge in [-0.1, -0.05) is 11.6 Å². The predicted molar refractivity (Wildman–Crippen MR) is 73.4 cm³/mol. The zero-order valence-electron chi connectivity index (χ0n) is 9.64. The summed E-state index contributed by atoms with van der Waals surface area (Å²) < 4.78 is 0. The van der Waals surface area contributed by atoms with Gasteiger partial charge in [-0.15, -0.1) is 0 Å². The van der Waals surface area contributed by atoms with E-state index in [1.54, 1.807) is 18.3 Å². The van der Waals surface area contributed by atoms with Gasteiger partial charge in [-0.2, -0.15) is 0 Å². The lowest BCUT2D eigenvalue weighted by molar-refractivity contribution is 0.932. The Kier molecular flexibility index (Phi) is 3.84. The van der Waals surface area contributed by atoms with E-state index in [4.69, 9.17) is 22.7 Å². The topological polar surface area (TPSA) is 75.7 Å². The molecule has 0 spiro atoms. The molecule has 0 amide bonds. The first-order valence-electron chi connectivity index (χ1n) is 5.17. The summed E-state index contributed by atoms with van der Waals surface area (Å²) in [4.78, 5) is 9.28. The number of hydrogen-bond acceptors (Lipinski definition) is 4. The fourth-order valence-corrected chi connectivity index (χ4v) is 2.46. The molecule has 0 aliphatic heterocycles. The fourth-order valence-electron chi connectivity index (χ4n) is 1.38. The quantitative estimate of drug-likeness (QED) is 0.514. The summed E-state index contributed by atoms with van der Waals surface area (Å²) in [5.41, 5.74) is 7.03. The molecule has 92 valence electrons. The van der Waals surface area contributed by atoms with Crippen LogP contribution >= 0.6 is 23.4 Å². The third kappa shape index (κ3) is 3.00. The van der Waals surface area contributed by atoms with Crippen molar-refractivity contribution in [2.24, 2.45) is 5.73 Å². The third-order valence-corrected chi connectivity index (χ3v) is 3.40. The minimum atomic E-state index is -0.0207. The molecule has 2 rings (SSSR count). The van der Waals surface area contributed by atoms with E-state index in [-0.39, 0.29) is 5.84 Å². The molecule has 1 aromatic carbocycles. The van der Waals surface area contributed by atoms with Gasteiger partial charge in [-0.25, -0.2) is 9.97 Å². The molecule has 0 saturated carbocycles. The Morgan fingerprint density at radius 2 is 2.17 bits per heavy atom. The second-order valence-electron chi connectivity index (χ2n) is 3.64. The Balaban J connectivity index is 2.37. The predicted octanol–water partition coefficient (Wildman–Crippen LogP) is 2.87. The monoisotopic (exact) mass is 278 g/mol. The Hall–Kier alpha value is -1.59. The standard InChI is InChI=1S/C12H11ClN4S/c1-7-4-5-16-12(17-7)18-10-3-2-8(13)6-9(10)11(14)15/h2-6H,1H3,(H3,14,15). The first-order chi connectivity index (χ1) is 8.56. The van der Waals surface area contributed by atoms with Crippen molar-refractivity contribution in [3.8, 4) is 0 Å². The number of rotatable bonds is 3. The summed E-state index contributed by atoms with van der Waals surface area (Å²) in [5, 5.41) is 8.72. The van der Waals surface area contributed by atoms with Gasteiger partial charge in [-0.3, -0.25) is 5.41 Å². The maximum absolute atomic E-state index is 7.55. The minimum absolute atomic E-state index is 0.0207. The highest BCUT2D eigenvalue weighted by molar-refractivity contribution is 7.99. The Morgan fingerprint density at radius 3 is 2.83 bits per heavy atom. The van der Waals surface area contributed by atoms with Crippen LogP contribution in [0.15, 0.2) is 40.5 Å². The van der Waals surface area contributed by atoms with Crippen molar-refractivity contribution in [2.45, 2.75) is 17.0 Å². The molecular weight excluding hydrogens is 268 g/mol. The number of nitrogens with zero attached hydrogens (tertiary/aromatic N) is 2. The van der Waals surface area contributed by atoms with Crippen molar-refractivity contribution in [3.05, 3.63) is 46.7 Å². The van der Waals surface area contributed by atoms with Crippen LogP contribution in [-0.4, -0.2) is 15.8 Å². The Labute approximate surface area is 114 Å². The lowest BCUT2D eigenvalue weighted by atomic mass is 10.2. The number of aryl methyl sites for hydroxylation is 1. The molecular formula is C12H11ClN4S. The highest BCUT2D eigenvalue weighted by atomic mass is 35.5. The number of nitrogens with one attached hydrogen (secondary N) is 1. The Morgan fingerprint density at radius 1 is 1.39 bits per heavy atom. The van der Waals surface area contributed by atoms with Gasteiger partial charge in [0.25, 0.3) is 0 Å². The van der Waals surface area contributed by atoms with E-state index in [0.717, 1.165) is 10.6 Å². The van der Waals surface area contributed by atoms with Gasteiger partial charge in [0.1, 0.15) is 5.84 Å². The molecule has 0 bridgehead atoms. The molecule has 1 aromatic heterocycles. The summed E-state index contributed by atoms with van der Waals surface area (Å²) in [6.45, 7) is 1.90. The smallest absolute Gasteiger partial charge is 0.192 e. The van der Waals surface area contributed by atoms with Crippen LogP contribution in [0.2, 0.25) is 5.02 Å². The number of hydrogen-bond donors (Lipinski definition) is 2. The highest BCUT2D eigenvalue weighted by Crippen LogP contribution is 2.29. The third-order valence-electron chi connectivity index (χ3n) is 2.21. The molecule has 0 fully saturated rings. The number of amidine groups is 1. The summed E-state index contributed by atoms with van der Waals surface area (Å²) in [7, 11) is 0. The van der Waals surface area contributed by atoms with E-state index >= 15 is 0 Å². The average Bonchev–Trinajstić information content (AvgIpc) is 2.31. The zero-order valence-corrected chi connectivity index (χ0v) is 11.2. The largest absolute Gasteiger partial charge is 0.384 e. The van der Waals surface area contributed by atoms with Crippen LogP contribution in [0.4, 0.5) is 0 Å². The average molecular weight is 279 g/mol. The van der Waals surface area contributed by atoms with Crippen LogP contribution in [0.3, 0.4) is 0 Å². The number of aromatic nitrogens is 2. The van der Waals surface area contributed by atoms with Gasteiger partial charge < -0.3 is 5.73 Å². The van der Waals surface area contributed by atoms with Crippen LogP contribution < -0.4 is 5.73 Å². The molecule has 4 nitrogen and oxygen atoms in total. The van der Waals surface area contributed by atoms with Crippen molar-refractivity contribution < 1.29 is 0 Å². The fraction of sp³-hybridized carbons (Fsp3) is 0.0833. The molecule has 0 aliphatic rings. The Bertz CT molecular complexity index is 600. The van der Waals surface area contributed by atoms with E-state index in [1.165, 1.54) is 11.8 Å². The number of nitrogens with two attached hydrogens (primary N) is 1. The van der Waals surface area contributed by atoms with E-state index in [0.29, 0.717) is 15.7 Å². The molecule has 18 heavy (non-hydrogen) atoms. The van der Waals surface area contributed by atoms with Crippen molar-refractivity contribution in [1.82, 2.24) is 9.97 Å². The van der Waals surface area contributed by atoms with E-state index in [9.17, 15) is 0 Å².